The molecule has 0 aliphatic carbocycles. The summed E-state index contributed by atoms with van der Waals surface area (Å²) in [6.45, 7) is 2.81. The van der Waals surface area contributed by atoms with Crippen molar-refractivity contribution in [2.45, 2.75) is 20.1 Å². The Kier molecular flexibility index (Phi) is 4.87. The normalized spacial score (nSPS) is 10.6. The molecule has 0 fully saturated rings. The van der Waals surface area contributed by atoms with Gasteiger partial charge in [0.25, 0.3) is 0 Å². The van der Waals surface area contributed by atoms with Gasteiger partial charge in [-0.3, -0.25) is 0 Å². The van der Waals surface area contributed by atoms with Crippen LogP contribution in [-0.2, 0) is 13.2 Å². The Bertz CT molecular complexity index is 584. The van der Waals surface area contributed by atoms with Gasteiger partial charge in [-0.05, 0) is 31.7 Å². The van der Waals surface area contributed by atoms with Gasteiger partial charge in [0.1, 0.15) is 18.1 Å². The highest BCUT2D eigenvalue weighted by Crippen LogP contribution is 2.36. The number of ether oxygens (including phenoxy) is 2. The summed E-state index contributed by atoms with van der Waals surface area (Å²) in [4.78, 5) is 0. The molecule has 0 saturated heterocycles. The lowest BCUT2D eigenvalue weighted by Gasteiger charge is -2.13. The molecule has 5 nitrogen and oxygen atoms in total. The van der Waals surface area contributed by atoms with Gasteiger partial charge >= 0.3 is 0 Å². The Morgan fingerprint density at radius 3 is 2.75 bits per heavy atom. The molecule has 1 aromatic carbocycles. The topological polar surface area (TPSA) is 56.5 Å². The number of hydrogen-bond donors (Lipinski definition) is 1. The number of halogens is 1. The molecule has 6 heteroatoms. The third-order valence-corrected chi connectivity index (χ3v) is 2.99. The monoisotopic (exact) mass is 296 g/mol. The summed E-state index contributed by atoms with van der Waals surface area (Å²) in [6.07, 6.45) is 0. The van der Waals surface area contributed by atoms with Crippen LogP contribution in [0.4, 0.5) is 0 Å². The van der Waals surface area contributed by atoms with Crippen molar-refractivity contribution in [1.82, 2.24) is 10.5 Å². The predicted molar refractivity (Wildman–Crippen MR) is 76.3 cm³/mol. The van der Waals surface area contributed by atoms with Gasteiger partial charge in [-0.2, -0.15) is 0 Å². The van der Waals surface area contributed by atoms with Crippen molar-refractivity contribution in [1.29, 1.82) is 0 Å². The van der Waals surface area contributed by atoms with Crippen LogP contribution in [0.2, 0.25) is 5.02 Å². The van der Waals surface area contributed by atoms with Gasteiger partial charge < -0.3 is 19.3 Å². The summed E-state index contributed by atoms with van der Waals surface area (Å²) < 4.78 is 16.0. The molecule has 1 N–H and O–H groups in total. The second-order valence-electron chi connectivity index (χ2n) is 4.36. The number of benzene rings is 1. The third kappa shape index (κ3) is 3.43. The summed E-state index contributed by atoms with van der Waals surface area (Å²) in [5.41, 5.74) is 1.74. The smallest absolute Gasteiger partial charge is 0.180 e. The number of aromatic nitrogens is 1. The first-order valence-corrected chi connectivity index (χ1v) is 6.58. The van der Waals surface area contributed by atoms with Crippen LogP contribution >= 0.6 is 11.6 Å². The molecule has 0 spiro atoms. The van der Waals surface area contributed by atoms with Crippen LogP contribution in [0.15, 0.2) is 22.7 Å². The van der Waals surface area contributed by atoms with E-state index in [1.165, 1.54) is 0 Å². The minimum absolute atomic E-state index is 0.277. The SMILES string of the molecule is CNCc1cc(Cl)c(OCc2cc(C)on2)c(OC)c1. The average molecular weight is 297 g/mol. The minimum Gasteiger partial charge on any atom is -0.493 e. The van der Waals surface area contributed by atoms with Gasteiger partial charge in [0.15, 0.2) is 11.5 Å². The zero-order valence-corrected chi connectivity index (χ0v) is 12.5. The van der Waals surface area contributed by atoms with Gasteiger partial charge in [-0.1, -0.05) is 16.8 Å². The highest BCUT2D eigenvalue weighted by molar-refractivity contribution is 6.32. The van der Waals surface area contributed by atoms with Crippen LogP contribution in [0.5, 0.6) is 11.5 Å². The first-order valence-electron chi connectivity index (χ1n) is 6.20. The number of aryl methyl sites for hydroxylation is 1. The van der Waals surface area contributed by atoms with Crippen LogP contribution in [0, 0.1) is 6.92 Å². The molecule has 0 saturated carbocycles. The number of hydrogen-bond acceptors (Lipinski definition) is 5. The van der Waals surface area contributed by atoms with Gasteiger partial charge in [0.2, 0.25) is 0 Å². The molecule has 2 aromatic rings. The Hall–Kier alpha value is -1.72. The van der Waals surface area contributed by atoms with Crippen LogP contribution in [0.25, 0.3) is 0 Å². The maximum Gasteiger partial charge on any atom is 0.180 e. The van der Waals surface area contributed by atoms with Gasteiger partial charge in [0, 0.05) is 12.6 Å². The summed E-state index contributed by atoms with van der Waals surface area (Å²) in [6, 6.07) is 5.56. The largest absolute Gasteiger partial charge is 0.493 e. The zero-order valence-electron chi connectivity index (χ0n) is 11.7. The molecular weight excluding hydrogens is 280 g/mol. The zero-order chi connectivity index (χ0) is 14.5. The van der Waals surface area contributed by atoms with E-state index in [1.807, 2.05) is 32.2 Å². The Morgan fingerprint density at radius 2 is 2.15 bits per heavy atom. The van der Waals surface area contributed by atoms with Crippen molar-refractivity contribution in [2.75, 3.05) is 14.2 Å². The maximum atomic E-state index is 6.24. The minimum atomic E-state index is 0.277. The molecular formula is C14H17ClN2O3. The Labute approximate surface area is 122 Å². The standard InChI is InChI=1S/C14H17ClN2O3/c1-9-4-11(17-20-9)8-19-14-12(15)5-10(7-16-2)6-13(14)18-3/h4-6,16H,7-8H2,1-3H3. The van der Waals surface area contributed by atoms with E-state index in [4.69, 9.17) is 25.6 Å². The third-order valence-electron chi connectivity index (χ3n) is 2.71. The lowest BCUT2D eigenvalue weighted by Crippen LogP contribution is -2.06. The van der Waals surface area contributed by atoms with Gasteiger partial charge in [0.05, 0.1) is 12.1 Å². The lowest BCUT2D eigenvalue weighted by molar-refractivity contribution is 0.271. The van der Waals surface area contributed by atoms with E-state index in [9.17, 15) is 0 Å². The van der Waals surface area contributed by atoms with Crippen LogP contribution < -0.4 is 14.8 Å². The molecule has 0 amide bonds. The van der Waals surface area contributed by atoms with E-state index in [-0.39, 0.29) is 6.61 Å². The van der Waals surface area contributed by atoms with E-state index in [0.29, 0.717) is 28.8 Å². The van der Waals surface area contributed by atoms with E-state index < -0.39 is 0 Å². The number of rotatable bonds is 6. The summed E-state index contributed by atoms with van der Waals surface area (Å²) in [5, 5.41) is 7.44. The molecule has 0 radical (unpaired) electrons. The molecule has 2 rings (SSSR count). The number of nitrogens with one attached hydrogen (secondary N) is 1. The van der Waals surface area contributed by atoms with Gasteiger partial charge in [-0.15, -0.1) is 0 Å². The highest BCUT2D eigenvalue weighted by atomic mass is 35.5. The molecule has 0 aliphatic heterocycles. The van der Waals surface area contributed by atoms with E-state index in [0.717, 1.165) is 11.3 Å². The van der Waals surface area contributed by atoms with Crippen molar-refractivity contribution in [3.63, 3.8) is 0 Å². The molecule has 1 heterocycles. The molecule has 0 atom stereocenters. The Morgan fingerprint density at radius 1 is 1.35 bits per heavy atom. The van der Waals surface area contributed by atoms with E-state index in [2.05, 4.69) is 10.5 Å². The summed E-state index contributed by atoms with van der Waals surface area (Å²) >= 11 is 6.24. The molecule has 0 bridgehead atoms. The van der Waals surface area contributed by atoms with Crippen LogP contribution in [0.1, 0.15) is 17.0 Å². The van der Waals surface area contributed by atoms with Crippen molar-refractivity contribution in [3.05, 3.63) is 40.2 Å². The quantitative estimate of drug-likeness (QED) is 0.888. The molecule has 0 aliphatic rings. The summed E-state index contributed by atoms with van der Waals surface area (Å²) in [5.74, 6) is 1.85. The van der Waals surface area contributed by atoms with Crippen molar-refractivity contribution in [2.24, 2.45) is 0 Å². The number of methoxy groups -OCH3 is 1. The molecule has 108 valence electrons. The van der Waals surface area contributed by atoms with Crippen LogP contribution in [-0.4, -0.2) is 19.3 Å². The first-order chi connectivity index (χ1) is 9.63. The fourth-order valence-electron chi connectivity index (χ4n) is 1.85. The predicted octanol–water partition coefficient (Wildman–Crippen LogP) is 2.94. The van der Waals surface area contributed by atoms with Crippen molar-refractivity contribution < 1.29 is 14.0 Å². The first kappa shape index (κ1) is 14.7. The van der Waals surface area contributed by atoms with Crippen molar-refractivity contribution >= 4 is 11.6 Å². The van der Waals surface area contributed by atoms with Crippen LogP contribution in [0.3, 0.4) is 0 Å². The Balaban J connectivity index is 2.17. The number of nitrogens with zero attached hydrogens (tertiary/aromatic N) is 1. The highest BCUT2D eigenvalue weighted by Gasteiger charge is 2.13. The maximum absolute atomic E-state index is 6.24. The van der Waals surface area contributed by atoms with E-state index >= 15 is 0 Å². The molecule has 20 heavy (non-hydrogen) atoms. The fraction of sp³-hybridized carbons (Fsp3) is 0.357. The average Bonchev–Trinajstić information content (AvgIpc) is 2.83. The second kappa shape index (κ2) is 6.63. The molecule has 1 aromatic heterocycles. The summed E-state index contributed by atoms with van der Waals surface area (Å²) in [7, 11) is 3.46. The van der Waals surface area contributed by atoms with Crippen molar-refractivity contribution in [3.8, 4) is 11.5 Å². The van der Waals surface area contributed by atoms with E-state index in [1.54, 1.807) is 7.11 Å². The second-order valence-corrected chi connectivity index (χ2v) is 4.76. The lowest BCUT2D eigenvalue weighted by atomic mass is 10.2. The fourth-order valence-corrected chi connectivity index (χ4v) is 2.14. The van der Waals surface area contributed by atoms with Gasteiger partial charge in [-0.25, -0.2) is 0 Å². The molecule has 0 unspecified atom stereocenters.